The van der Waals surface area contributed by atoms with Gasteiger partial charge < -0.3 is 16.2 Å². The average Bonchev–Trinajstić information content (AvgIpc) is 2.24. The number of nitrogen functional groups attached to an aromatic ring is 2. The standard InChI is InChI=1S/C10H10N4O.2ClH/c11-7-5-8(12)10(14-6-7)15-9-3-1-2-4-13-9;;/h1-6H,11-12H2;2*1H. The third-order valence-electron chi connectivity index (χ3n) is 1.74. The maximum absolute atomic E-state index is 5.67. The number of nitrogens with two attached hydrogens (primary N) is 2. The van der Waals surface area contributed by atoms with Crippen molar-refractivity contribution in [2.75, 3.05) is 11.5 Å². The lowest BCUT2D eigenvalue weighted by Gasteiger charge is -2.05. The molecule has 0 saturated carbocycles. The summed E-state index contributed by atoms with van der Waals surface area (Å²) in [5.41, 5.74) is 12.1. The molecule has 4 N–H and O–H groups in total. The number of nitrogens with zero attached hydrogens (tertiary/aromatic N) is 2. The Morgan fingerprint density at radius 2 is 1.82 bits per heavy atom. The normalized spacial score (nSPS) is 8.71. The van der Waals surface area contributed by atoms with Crippen LogP contribution >= 0.6 is 24.8 Å². The van der Waals surface area contributed by atoms with Crippen LogP contribution in [0, 0.1) is 0 Å². The first kappa shape index (κ1) is 15.3. The zero-order valence-corrected chi connectivity index (χ0v) is 10.4. The summed E-state index contributed by atoms with van der Waals surface area (Å²) in [5, 5.41) is 0. The van der Waals surface area contributed by atoms with Gasteiger partial charge in [0.2, 0.25) is 11.8 Å². The van der Waals surface area contributed by atoms with Gasteiger partial charge in [-0.1, -0.05) is 6.07 Å². The molecule has 0 aliphatic carbocycles. The highest BCUT2D eigenvalue weighted by atomic mass is 35.5. The second kappa shape index (κ2) is 6.78. The Morgan fingerprint density at radius 1 is 1.06 bits per heavy atom. The minimum atomic E-state index is 0. The summed E-state index contributed by atoms with van der Waals surface area (Å²) in [4.78, 5) is 7.95. The van der Waals surface area contributed by atoms with E-state index < -0.39 is 0 Å². The first-order valence-electron chi connectivity index (χ1n) is 4.35. The number of hydrogen-bond donors (Lipinski definition) is 2. The molecule has 0 bridgehead atoms. The van der Waals surface area contributed by atoms with Crippen molar-refractivity contribution in [2.45, 2.75) is 0 Å². The molecule has 0 aromatic carbocycles. The average molecular weight is 275 g/mol. The first-order valence-corrected chi connectivity index (χ1v) is 4.35. The molecule has 0 fully saturated rings. The fourth-order valence-electron chi connectivity index (χ4n) is 1.08. The van der Waals surface area contributed by atoms with Gasteiger partial charge >= 0.3 is 0 Å². The van der Waals surface area contributed by atoms with Crippen molar-refractivity contribution in [1.29, 1.82) is 0 Å². The zero-order chi connectivity index (χ0) is 10.7. The first-order chi connectivity index (χ1) is 7.25. The summed E-state index contributed by atoms with van der Waals surface area (Å²) in [6.07, 6.45) is 3.11. The molecular weight excluding hydrogens is 263 g/mol. The number of rotatable bonds is 2. The summed E-state index contributed by atoms with van der Waals surface area (Å²) in [5.74, 6) is 0.754. The quantitative estimate of drug-likeness (QED) is 0.877. The Morgan fingerprint density at radius 3 is 2.41 bits per heavy atom. The van der Waals surface area contributed by atoms with Gasteiger partial charge in [-0.3, -0.25) is 0 Å². The number of anilines is 2. The molecule has 2 aromatic rings. The van der Waals surface area contributed by atoms with Crippen LogP contribution in [-0.4, -0.2) is 9.97 Å². The fraction of sp³-hybridized carbons (Fsp3) is 0. The summed E-state index contributed by atoms with van der Waals surface area (Å²) >= 11 is 0. The van der Waals surface area contributed by atoms with E-state index in [-0.39, 0.29) is 24.8 Å². The SMILES string of the molecule is Cl.Cl.Nc1cnc(Oc2ccccn2)c(N)c1. The van der Waals surface area contributed by atoms with E-state index in [2.05, 4.69) is 9.97 Å². The van der Waals surface area contributed by atoms with Gasteiger partial charge in [0.25, 0.3) is 0 Å². The molecular formula is C10H12Cl2N4O. The molecule has 2 heterocycles. The maximum Gasteiger partial charge on any atom is 0.244 e. The van der Waals surface area contributed by atoms with E-state index in [1.165, 1.54) is 6.20 Å². The topological polar surface area (TPSA) is 87.0 Å². The van der Waals surface area contributed by atoms with Gasteiger partial charge in [-0.2, -0.15) is 0 Å². The van der Waals surface area contributed by atoms with E-state index in [0.29, 0.717) is 23.1 Å². The number of aromatic nitrogens is 2. The van der Waals surface area contributed by atoms with E-state index in [1.54, 1.807) is 24.4 Å². The molecule has 0 aliphatic heterocycles. The van der Waals surface area contributed by atoms with Crippen molar-refractivity contribution in [3.05, 3.63) is 36.7 Å². The molecule has 0 radical (unpaired) electrons. The van der Waals surface area contributed by atoms with Gasteiger partial charge in [-0.05, 0) is 12.1 Å². The maximum atomic E-state index is 5.67. The van der Waals surface area contributed by atoms with E-state index >= 15 is 0 Å². The lowest BCUT2D eigenvalue weighted by Crippen LogP contribution is -1.97. The zero-order valence-electron chi connectivity index (χ0n) is 8.74. The Labute approximate surface area is 111 Å². The fourth-order valence-corrected chi connectivity index (χ4v) is 1.08. The molecule has 0 saturated heterocycles. The van der Waals surface area contributed by atoms with Crippen LogP contribution in [0.15, 0.2) is 36.7 Å². The van der Waals surface area contributed by atoms with Crippen molar-refractivity contribution in [2.24, 2.45) is 0 Å². The second-order valence-electron chi connectivity index (χ2n) is 2.93. The highest BCUT2D eigenvalue weighted by Gasteiger charge is 2.04. The van der Waals surface area contributed by atoms with Crippen LogP contribution in [0.3, 0.4) is 0 Å². The van der Waals surface area contributed by atoms with Crippen molar-refractivity contribution >= 4 is 36.2 Å². The molecule has 0 unspecified atom stereocenters. The van der Waals surface area contributed by atoms with Gasteiger partial charge in [-0.15, -0.1) is 24.8 Å². The largest absolute Gasteiger partial charge is 0.418 e. The molecule has 0 amide bonds. The Bertz CT molecular complexity index is 467. The molecule has 17 heavy (non-hydrogen) atoms. The van der Waals surface area contributed by atoms with E-state index in [1.807, 2.05) is 6.07 Å². The molecule has 92 valence electrons. The lowest BCUT2D eigenvalue weighted by molar-refractivity contribution is 0.447. The van der Waals surface area contributed by atoms with Crippen molar-refractivity contribution in [3.63, 3.8) is 0 Å². The summed E-state index contributed by atoms with van der Waals surface area (Å²) in [6.45, 7) is 0. The minimum absolute atomic E-state index is 0. The van der Waals surface area contributed by atoms with Crippen molar-refractivity contribution in [1.82, 2.24) is 9.97 Å². The van der Waals surface area contributed by atoms with Crippen LogP contribution in [0.4, 0.5) is 11.4 Å². The lowest BCUT2D eigenvalue weighted by atomic mass is 10.4. The van der Waals surface area contributed by atoms with Crippen LogP contribution < -0.4 is 16.2 Å². The number of halogens is 2. The highest BCUT2D eigenvalue weighted by Crippen LogP contribution is 2.24. The third kappa shape index (κ3) is 3.97. The van der Waals surface area contributed by atoms with Gasteiger partial charge in [0.05, 0.1) is 17.6 Å². The summed E-state index contributed by atoms with van der Waals surface area (Å²) in [6, 6.07) is 6.92. The second-order valence-corrected chi connectivity index (χ2v) is 2.93. The highest BCUT2D eigenvalue weighted by molar-refractivity contribution is 5.85. The predicted octanol–water partition coefficient (Wildman–Crippen LogP) is 2.28. The molecule has 5 nitrogen and oxygen atoms in total. The predicted molar refractivity (Wildman–Crippen MR) is 71.9 cm³/mol. The van der Waals surface area contributed by atoms with E-state index in [0.717, 1.165) is 0 Å². The van der Waals surface area contributed by atoms with Crippen molar-refractivity contribution in [3.8, 4) is 11.8 Å². The molecule has 7 heteroatoms. The minimum Gasteiger partial charge on any atom is -0.418 e. The monoisotopic (exact) mass is 274 g/mol. The van der Waals surface area contributed by atoms with Gasteiger partial charge in [0.15, 0.2) is 0 Å². The Hall–Kier alpha value is -1.72. The van der Waals surface area contributed by atoms with Crippen LogP contribution in [-0.2, 0) is 0 Å². The molecule has 0 spiro atoms. The van der Waals surface area contributed by atoms with Crippen LogP contribution in [0.2, 0.25) is 0 Å². The smallest absolute Gasteiger partial charge is 0.244 e. The van der Waals surface area contributed by atoms with Gasteiger partial charge in [0.1, 0.15) is 0 Å². The molecule has 2 aromatic heterocycles. The van der Waals surface area contributed by atoms with Crippen LogP contribution in [0.1, 0.15) is 0 Å². The van der Waals surface area contributed by atoms with Gasteiger partial charge in [-0.25, -0.2) is 9.97 Å². The summed E-state index contributed by atoms with van der Waals surface area (Å²) in [7, 11) is 0. The van der Waals surface area contributed by atoms with Crippen LogP contribution in [0.5, 0.6) is 11.8 Å². The van der Waals surface area contributed by atoms with Gasteiger partial charge in [0, 0.05) is 12.3 Å². The number of pyridine rings is 2. The Kier molecular flexibility index (Phi) is 6.09. The van der Waals surface area contributed by atoms with E-state index in [9.17, 15) is 0 Å². The van der Waals surface area contributed by atoms with Crippen molar-refractivity contribution < 1.29 is 4.74 Å². The molecule has 0 atom stereocenters. The molecule has 0 aliphatic rings. The van der Waals surface area contributed by atoms with E-state index in [4.69, 9.17) is 16.2 Å². The Balaban J connectivity index is 0.00000128. The van der Waals surface area contributed by atoms with Crippen LogP contribution in [0.25, 0.3) is 0 Å². The molecule has 2 rings (SSSR count). The number of hydrogen-bond acceptors (Lipinski definition) is 5. The third-order valence-corrected chi connectivity index (χ3v) is 1.74. The summed E-state index contributed by atoms with van der Waals surface area (Å²) < 4.78 is 5.36. The number of ether oxygens (including phenoxy) is 1.